The molecule has 4 nitrogen and oxygen atoms in total. The number of esters is 2. The molecule has 0 spiro atoms. The lowest BCUT2D eigenvalue weighted by molar-refractivity contribution is -0.183. The number of halogens is 1. The fraction of sp³-hybridized carbons (Fsp3) is 0.867. The van der Waals surface area contributed by atoms with Gasteiger partial charge in [-0.3, -0.25) is 4.79 Å². The average molecular weight is 303 g/mol. The van der Waals surface area contributed by atoms with Crippen LogP contribution < -0.4 is 0 Å². The molecule has 0 aromatic carbocycles. The second kappa shape index (κ2) is 4.90. The summed E-state index contributed by atoms with van der Waals surface area (Å²) in [5, 5.41) is 0.0717. The van der Waals surface area contributed by atoms with Gasteiger partial charge in [0.1, 0.15) is 0 Å². The van der Waals surface area contributed by atoms with Gasteiger partial charge >= 0.3 is 11.9 Å². The van der Waals surface area contributed by atoms with E-state index in [1.807, 2.05) is 27.7 Å². The number of hydrogen-bond acceptors (Lipinski definition) is 4. The van der Waals surface area contributed by atoms with Crippen molar-refractivity contribution in [3.8, 4) is 0 Å². The molecule has 0 aromatic rings. The molecule has 3 unspecified atom stereocenters. The Labute approximate surface area is 125 Å². The Kier molecular flexibility index (Phi) is 3.83. The van der Waals surface area contributed by atoms with E-state index in [1.165, 1.54) is 0 Å². The van der Waals surface area contributed by atoms with Crippen LogP contribution in [-0.4, -0.2) is 29.5 Å². The van der Waals surface area contributed by atoms with Crippen molar-refractivity contribution in [1.82, 2.24) is 0 Å². The van der Waals surface area contributed by atoms with Crippen molar-refractivity contribution in [2.24, 2.45) is 10.8 Å². The highest BCUT2D eigenvalue weighted by atomic mass is 35.5. The molecule has 114 valence electrons. The lowest BCUT2D eigenvalue weighted by Gasteiger charge is -2.34. The van der Waals surface area contributed by atoms with Crippen LogP contribution in [0, 0.1) is 10.8 Å². The third kappa shape index (κ3) is 1.95. The van der Waals surface area contributed by atoms with Crippen molar-refractivity contribution in [2.75, 3.05) is 6.61 Å². The summed E-state index contributed by atoms with van der Waals surface area (Å²) in [7, 11) is 0. The second-order valence-corrected chi connectivity index (χ2v) is 7.48. The Morgan fingerprint density at radius 1 is 1.40 bits per heavy atom. The van der Waals surface area contributed by atoms with Gasteiger partial charge in [-0.1, -0.05) is 13.8 Å². The maximum Gasteiger partial charge on any atom is 0.351 e. The molecule has 5 heteroatoms. The molecular weight excluding hydrogens is 280 g/mol. The number of rotatable bonds is 5. The normalized spacial score (nSPS) is 35.8. The Hall–Kier alpha value is -0.770. The van der Waals surface area contributed by atoms with Crippen molar-refractivity contribution in [2.45, 2.75) is 64.4 Å². The molecular formula is C15H23ClO4. The summed E-state index contributed by atoms with van der Waals surface area (Å²) in [4.78, 5) is 24.5. The van der Waals surface area contributed by atoms with E-state index in [2.05, 4.69) is 0 Å². The van der Waals surface area contributed by atoms with Gasteiger partial charge in [-0.25, -0.2) is 4.79 Å². The molecule has 2 bridgehead atoms. The lowest BCUT2D eigenvalue weighted by Crippen LogP contribution is -2.48. The number of ether oxygens (including phenoxy) is 2. The van der Waals surface area contributed by atoms with E-state index in [1.54, 1.807) is 0 Å². The molecule has 0 radical (unpaired) electrons. The standard InChI is InChI=1S/C15H23ClO4/c1-10(16)6-5-9-19-12(18)15-8-7-14(4,11(17)20-15)13(15,2)3/h10H,5-9H2,1-4H3. The zero-order valence-corrected chi connectivity index (χ0v) is 13.4. The van der Waals surface area contributed by atoms with Crippen LogP contribution in [0.15, 0.2) is 0 Å². The van der Waals surface area contributed by atoms with E-state index in [-0.39, 0.29) is 11.3 Å². The molecule has 3 atom stereocenters. The SMILES string of the molecule is CC(Cl)CCCOC(=O)C12CCC(C)(C(=O)O1)C2(C)C. The molecule has 20 heavy (non-hydrogen) atoms. The topological polar surface area (TPSA) is 52.6 Å². The van der Waals surface area contributed by atoms with Gasteiger partial charge in [0, 0.05) is 10.8 Å². The summed E-state index contributed by atoms with van der Waals surface area (Å²) in [6, 6.07) is 0. The molecule has 2 fully saturated rings. The van der Waals surface area contributed by atoms with Crippen LogP contribution in [0.5, 0.6) is 0 Å². The summed E-state index contributed by atoms with van der Waals surface area (Å²) in [6.45, 7) is 7.96. The van der Waals surface area contributed by atoms with Crippen LogP contribution in [-0.2, 0) is 19.1 Å². The minimum Gasteiger partial charge on any atom is -0.463 e. The van der Waals surface area contributed by atoms with Crippen molar-refractivity contribution in [3.63, 3.8) is 0 Å². The van der Waals surface area contributed by atoms with Crippen molar-refractivity contribution >= 4 is 23.5 Å². The van der Waals surface area contributed by atoms with Crippen LogP contribution in [0.25, 0.3) is 0 Å². The Morgan fingerprint density at radius 3 is 2.50 bits per heavy atom. The molecule has 2 aliphatic rings. The van der Waals surface area contributed by atoms with Crippen LogP contribution in [0.1, 0.15) is 53.4 Å². The smallest absolute Gasteiger partial charge is 0.351 e. The maximum absolute atomic E-state index is 12.4. The lowest BCUT2D eigenvalue weighted by atomic mass is 9.66. The fourth-order valence-electron chi connectivity index (χ4n) is 3.35. The number of alkyl halides is 1. The third-order valence-corrected chi connectivity index (χ3v) is 5.61. The van der Waals surface area contributed by atoms with Gasteiger partial charge in [0.2, 0.25) is 5.60 Å². The third-order valence-electron chi connectivity index (χ3n) is 5.39. The first-order chi connectivity index (χ1) is 9.17. The van der Waals surface area contributed by atoms with E-state index in [9.17, 15) is 9.59 Å². The predicted molar refractivity (Wildman–Crippen MR) is 75.5 cm³/mol. The van der Waals surface area contributed by atoms with Gasteiger partial charge in [0.05, 0.1) is 12.0 Å². The summed E-state index contributed by atoms with van der Waals surface area (Å²) >= 11 is 5.85. The number of fused-ring (bicyclic) bond motifs is 2. The van der Waals surface area contributed by atoms with Crippen LogP contribution in [0.4, 0.5) is 0 Å². The first-order valence-electron chi connectivity index (χ1n) is 7.22. The van der Waals surface area contributed by atoms with E-state index < -0.39 is 22.4 Å². The van der Waals surface area contributed by atoms with Crippen molar-refractivity contribution in [3.05, 3.63) is 0 Å². The molecule has 1 heterocycles. The number of carbonyl (C=O) groups excluding carboxylic acids is 2. The first-order valence-corrected chi connectivity index (χ1v) is 7.66. The van der Waals surface area contributed by atoms with Crippen LogP contribution in [0.3, 0.4) is 0 Å². The van der Waals surface area contributed by atoms with Gasteiger partial charge in [-0.15, -0.1) is 11.6 Å². The highest BCUT2D eigenvalue weighted by Gasteiger charge is 2.76. The fourth-order valence-corrected chi connectivity index (χ4v) is 3.50. The largest absolute Gasteiger partial charge is 0.463 e. The van der Waals surface area contributed by atoms with Crippen LogP contribution >= 0.6 is 11.6 Å². The average Bonchev–Trinajstić information content (AvgIpc) is 2.64. The molecule has 0 amide bonds. The molecule has 0 aromatic heterocycles. The van der Waals surface area contributed by atoms with Gasteiger partial charge in [0.25, 0.3) is 0 Å². The summed E-state index contributed by atoms with van der Waals surface area (Å²) in [6.07, 6.45) is 2.74. The minimum atomic E-state index is -1.11. The molecule has 1 aliphatic carbocycles. The second-order valence-electron chi connectivity index (χ2n) is 6.73. The number of carbonyl (C=O) groups is 2. The van der Waals surface area contributed by atoms with Gasteiger partial charge in [-0.05, 0) is 39.5 Å². The zero-order chi connectivity index (χ0) is 15.2. The summed E-state index contributed by atoms with van der Waals surface area (Å²) in [5.41, 5.74) is -2.23. The van der Waals surface area contributed by atoms with Gasteiger partial charge in [-0.2, -0.15) is 0 Å². The van der Waals surface area contributed by atoms with E-state index in [0.29, 0.717) is 19.4 Å². The zero-order valence-electron chi connectivity index (χ0n) is 12.6. The monoisotopic (exact) mass is 302 g/mol. The molecule has 2 rings (SSSR count). The van der Waals surface area contributed by atoms with E-state index in [0.717, 1.165) is 12.8 Å². The Balaban J connectivity index is 2.05. The Morgan fingerprint density at radius 2 is 2.05 bits per heavy atom. The Bertz CT molecular complexity index is 432. The van der Waals surface area contributed by atoms with E-state index in [4.69, 9.17) is 21.1 Å². The number of hydrogen-bond donors (Lipinski definition) is 0. The van der Waals surface area contributed by atoms with Crippen molar-refractivity contribution in [1.29, 1.82) is 0 Å². The molecule has 1 saturated heterocycles. The van der Waals surface area contributed by atoms with E-state index >= 15 is 0 Å². The highest BCUT2D eigenvalue weighted by molar-refractivity contribution is 6.20. The molecule has 1 saturated carbocycles. The van der Waals surface area contributed by atoms with Gasteiger partial charge in [0.15, 0.2) is 0 Å². The minimum absolute atomic E-state index is 0.0717. The van der Waals surface area contributed by atoms with Crippen LogP contribution in [0.2, 0.25) is 0 Å². The van der Waals surface area contributed by atoms with Gasteiger partial charge < -0.3 is 9.47 Å². The highest BCUT2D eigenvalue weighted by Crippen LogP contribution is 2.65. The quantitative estimate of drug-likeness (QED) is 0.445. The van der Waals surface area contributed by atoms with Crippen molar-refractivity contribution < 1.29 is 19.1 Å². The summed E-state index contributed by atoms with van der Waals surface area (Å²) < 4.78 is 10.8. The molecule has 1 aliphatic heterocycles. The first kappa shape index (κ1) is 15.6. The molecule has 0 N–H and O–H groups in total. The predicted octanol–water partition coefficient (Wildman–Crippen LogP) is 3.06. The maximum atomic E-state index is 12.4. The summed E-state index contributed by atoms with van der Waals surface area (Å²) in [5.74, 6) is -0.681.